The van der Waals surface area contributed by atoms with E-state index in [1.165, 1.54) is 17.4 Å². The first kappa shape index (κ1) is 21.9. The van der Waals surface area contributed by atoms with Gasteiger partial charge in [-0.15, -0.1) is 0 Å². The number of carbonyl (C=O) groups is 1. The summed E-state index contributed by atoms with van der Waals surface area (Å²) in [4.78, 5) is 11.6. The molecule has 0 atom stereocenters. The van der Waals surface area contributed by atoms with E-state index in [0.717, 1.165) is 12.8 Å². The van der Waals surface area contributed by atoms with Crippen molar-refractivity contribution in [3.8, 4) is 0 Å². The first-order valence-electron chi connectivity index (χ1n) is 6.65. The number of hydrogen-bond donors (Lipinski definition) is 0. The van der Waals surface area contributed by atoms with Crippen molar-refractivity contribution in [1.29, 1.82) is 0 Å². The maximum Gasteiger partial charge on any atom is 0.218 e. The van der Waals surface area contributed by atoms with Gasteiger partial charge in [0.05, 0.1) is 0 Å². The number of amides is 1. The number of rotatable bonds is 4. The predicted octanol–water partition coefficient (Wildman–Crippen LogP) is 4.60. The van der Waals surface area contributed by atoms with Gasteiger partial charge in [0.1, 0.15) is 0 Å². The molecule has 2 heteroatoms. The van der Waals surface area contributed by atoms with Gasteiger partial charge in [-0.05, 0) is 12.8 Å². The molecule has 0 saturated heterocycles. The van der Waals surface area contributed by atoms with Gasteiger partial charge >= 0.3 is 0 Å². The van der Waals surface area contributed by atoms with E-state index in [1.54, 1.807) is 20.2 Å². The van der Waals surface area contributed by atoms with Crippen molar-refractivity contribution in [2.75, 3.05) is 14.1 Å². The molecule has 0 heterocycles. The third-order valence-corrected chi connectivity index (χ3v) is 1.95. The lowest BCUT2D eigenvalue weighted by Gasteiger charge is -2.02. The van der Waals surface area contributed by atoms with E-state index in [0.29, 0.717) is 0 Å². The Bertz CT molecular complexity index is 247. The van der Waals surface area contributed by atoms with E-state index < -0.39 is 0 Å². The second-order valence-corrected chi connectivity index (χ2v) is 3.55. The molecule has 0 spiro atoms. The summed E-state index contributed by atoms with van der Waals surface area (Å²) in [5.41, 5.74) is 1.39. The van der Waals surface area contributed by atoms with E-state index >= 15 is 0 Å². The van der Waals surface area contributed by atoms with Gasteiger partial charge in [0.2, 0.25) is 5.91 Å². The SMILES string of the molecule is C=C/C=C\C(=C/CC)CC.CC.CC(=O)N(C)C. The predicted molar refractivity (Wildman–Crippen MR) is 83.7 cm³/mol. The van der Waals surface area contributed by atoms with E-state index in [-0.39, 0.29) is 5.91 Å². The molecule has 0 bridgehead atoms. The van der Waals surface area contributed by atoms with Gasteiger partial charge in [0, 0.05) is 21.0 Å². The first-order chi connectivity index (χ1) is 8.49. The van der Waals surface area contributed by atoms with E-state index in [1.807, 2.05) is 19.9 Å². The van der Waals surface area contributed by atoms with Crippen LogP contribution >= 0.6 is 0 Å². The maximum atomic E-state index is 10.1. The Labute approximate surface area is 114 Å². The first-order valence-corrected chi connectivity index (χ1v) is 6.65. The molecule has 0 fully saturated rings. The summed E-state index contributed by atoms with van der Waals surface area (Å²) in [5.74, 6) is 0.0926. The van der Waals surface area contributed by atoms with Gasteiger partial charge in [-0.1, -0.05) is 64.2 Å². The fourth-order valence-electron chi connectivity index (χ4n) is 0.784. The highest BCUT2D eigenvalue weighted by molar-refractivity contribution is 5.72. The van der Waals surface area contributed by atoms with Crippen LogP contribution in [0.4, 0.5) is 0 Å². The molecule has 0 aromatic carbocycles. The van der Waals surface area contributed by atoms with E-state index in [2.05, 4.69) is 32.6 Å². The molecule has 18 heavy (non-hydrogen) atoms. The molecule has 0 rings (SSSR count). The number of nitrogens with zero attached hydrogens (tertiary/aromatic N) is 1. The van der Waals surface area contributed by atoms with Gasteiger partial charge in [-0.3, -0.25) is 4.79 Å². The summed E-state index contributed by atoms with van der Waals surface area (Å²) in [7, 11) is 3.45. The minimum absolute atomic E-state index is 0.0926. The molecule has 0 aromatic rings. The summed E-state index contributed by atoms with van der Waals surface area (Å²) in [6, 6.07) is 0. The highest BCUT2D eigenvalue weighted by Crippen LogP contribution is 2.03. The highest BCUT2D eigenvalue weighted by atomic mass is 16.2. The summed E-state index contributed by atoms with van der Waals surface area (Å²) < 4.78 is 0. The summed E-state index contributed by atoms with van der Waals surface area (Å²) in [6.07, 6.45) is 10.4. The minimum Gasteiger partial charge on any atom is -0.349 e. The molecule has 0 aromatic heterocycles. The molecule has 106 valence electrons. The maximum absolute atomic E-state index is 10.1. The smallest absolute Gasteiger partial charge is 0.218 e. The standard InChI is InChI=1S/C10H16.C4H9NO.C2H6/c1-4-7-9-10(6-3)8-5-2;1-4(6)5(2)3;1-2/h4,7-9H,1,5-6H2,2-3H3;1-3H3;1-2H3/b9-7-,10-8-;;. The van der Waals surface area contributed by atoms with Crippen LogP contribution in [0.2, 0.25) is 0 Å². The average molecular weight is 253 g/mol. The average Bonchev–Trinajstić information content (AvgIpc) is 2.37. The van der Waals surface area contributed by atoms with Gasteiger partial charge in [-0.2, -0.15) is 0 Å². The van der Waals surface area contributed by atoms with Crippen LogP contribution < -0.4 is 0 Å². The van der Waals surface area contributed by atoms with Crippen molar-refractivity contribution in [1.82, 2.24) is 4.90 Å². The minimum atomic E-state index is 0.0926. The monoisotopic (exact) mass is 253 g/mol. The number of allylic oxidation sites excluding steroid dienone is 5. The molecule has 1 amide bonds. The lowest BCUT2D eigenvalue weighted by molar-refractivity contribution is -0.126. The molecule has 0 aliphatic heterocycles. The zero-order chi connectivity index (χ0) is 15.0. The topological polar surface area (TPSA) is 20.3 Å². The zero-order valence-electron chi connectivity index (χ0n) is 13.3. The van der Waals surface area contributed by atoms with Crippen molar-refractivity contribution in [3.05, 3.63) is 36.5 Å². The fraction of sp³-hybridized carbons (Fsp3) is 0.562. The second kappa shape index (κ2) is 18.1. The summed E-state index contributed by atoms with van der Waals surface area (Å²) in [6.45, 7) is 13.5. The van der Waals surface area contributed by atoms with Crippen LogP contribution in [0.15, 0.2) is 36.5 Å². The van der Waals surface area contributed by atoms with Gasteiger partial charge in [0.25, 0.3) is 0 Å². The molecule has 2 nitrogen and oxygen atoms in total. The lowest BCUT2D eigenvalue weighted by atomic mass is 10.1. The molecule has 0 aliphatic carbocycles. The molecule has 0 unspecified atom stereocenters. The summed E-state index contributed by atoms with van der Waals surface area (Å²) >= 11 is 0. The molecular weight excluding hydrogens is 222 g/mol. The highest BCUT2D eigenvalue weighted by Gasteiger charge is 1.87. The zero-order valence-corrected chi connectivity index (χ0v) is 13.3. The molecular formula is C16H31NO. The largest absolute Gasteiger partial charge is 0.349 e. The van der Waals surface area contributed by atoms with E-state index in [4.69, 9.17) is 0 Å². The Balaban J connectivity index is -0.000000241. The van der Waals surface area contributed by atoms with Crippen molar-refractivity contribution >= 4 is 5.91 Å². The van der Waals surface area contributed by atoms with E-state index in [9.17, 15) is 4.79 Å². The third kappa shape index (κ3) is 20.1. The number of carbonyl (C=O) groups excluding carboxylic acids is 1. The van der Waals surface area contributed by atoms with Gasteiger partial charge in [-0.25, -0.2) is 0 Å². The van der Waals surface area contributed by atoms with Crippen LogP contribution in [-0.2, 0) is 4.79 Å². The van der Waals surface area contributed by atoms with Crippen LogP contribution in [0, 0.1) is 0 Å². The normalized spacial score (nSPS) is 9.83. The Morgan fingerprint density at radius 3 is 1.89 bits per heavy atom. The fourth-order valence-corrected chi connectivity index (χ4v) is 0.784. The summed E-state index contributed by atoms with van der Waals surface area (Å²) in [5, 5.41) is 0. The molecule has 0 aliphatic rings. The molecule has 0 radical (unpaired) electrons. The quantitative estimate of drug-likeness (QED) is 0.671. The lowest BCUT2D eigenvalue weighted by Crippen LogP contribution is -2.17. The van der Waals surface area contributed by atoms with Crippen molar-refractivity contribution in [2.45, 2.75) is 47.5 Å². The van der Waals surface area contributed by atoms with Crippen molar-refractivity contribution in [2.24, 2.45) is 0 Å². The Kier molecular flexibility index (Phi) is 22.0. The van der Waals surface area contributed by atoms with Crippen LogP contribution in [0.5, 0.6) is 0 Å². The van der Waals surface area contributed by atoms with Gasteiger partial charge in [0.15, 0.2) is 0 Å². The van der Waals surface area contributed by atoms with Crippen LogP contribution in [0.3, 0.4) is 0 Å². The number of hydrogen-bond acceptors (Lipinski definition) is 1. The Hall–Kier alpha value is -1.31. The molecule has 0 N–H and O–H groups in total. The Morgan fingerprint density at radius 2 is 1.67 bits per heavy atom. The Morgan fingerprint density at radius 1 is 1.22 bits per heavy atom. The third-order valence-electron chi connectivity index (χ3n) is 1.95. The second-order valence-electron chi connectivity index (χ2n) is 3.55. The van der Waals surface area contributed by atoms with Gasteiger partial charge < -0.3 is 4.90 Å². The van der Waals surface area contributed by atoms with Crippen molar-refractivity contribution < 1.29 is 4.79 Å². The van der Waals surface area contributed by atoms with Crippen molar-refractivity contribution in [3.63, 3.8) is 0 Å². The molecule has 0 saturated carbocycles. The van der Waals surface area contributed by atoms with Crippen LogP contribution in [0.1, 0.15) is 47.5 Å². The van der Waals surface area contributed by atoms with Crippen LogP contribution in [-0.4, -0.2) is 24.9 Å². The van der Waals surface area contributed by atoms with Crippen LogP contribution in [0.25, 0.3) is 0 Å².